The number of hydrogen-bond acceptors (Lipinski definition) is 5. The molecule has 4 saturated carbocycles. The van der Waals surface area contributed by atoms with Crippen LogP contribution in [-0.4, -0.2) is 42.2 Å². The van der Waals surface area contributed by atoms with E-state index in [0.29, 0.717) is 55.0 Å². The van der Waals surface area contributed by atoms with Gasteiger partial charge in [0, 0.05) is 37.0 Å². The summed E-state index contributed by atoms with van der Waals surface area (Å²) in [5.74, 6) is 3.05. The van der Waals surface area contributed by atoms with Gasteiger partial charge in [0.15, 0.2) is 5.78 Å². The van der Waals surface area contributed by atoms with Crippen molar-refractivity contribution in [3.63, 3.8) is 0 Å². The number of ether oxygens (including phenoxy) is 1. The van der Waals surface area contributed by atoms with E-state index in [1.54, 1.807) is 7.11 Å². The third-order valence-electron chi connectivity index (χ3n) is 18.0. The highest BCUT2D eigenvalue weighted by molar-refractivity contribution is 6.05. The average Bonchev–Trinajstić information content (AvgIpc) is 3.44. The van der Waals surface area contributed by atoms with E-state index in [-0.39, 0.29) is 24.3 Å². The third-order valence-corrected chi connectivity index (χ3v) is 18.0. The molecule has 8 rings (SSSR count). The zero-order valence-electron chi connectivity index (χ0n) is 44.1. The summed E-state index contributed by atoms with van der Waals surface area (Å²) in [6.07, 6.45) is 24.1. The van der Waals surface area contributed by atoms with Crippen LogP contribution in [0.3, 0.4) is 0 Å². The van der Waals surface area contributed by atoms with E-state index in [2.05, 4.69) is 79.7 Å². The van der Waals surface area contributed by atoms with Crippen molar-refractivity contribution < 1.29 is 33.4 Å². The molecule has 388 valence electrons. The fourth-order valence-corrected chi connectivity index (χ4v) is 13.7. The van der Waals surface area contributed by atoms with Crippen LogP contribution in [0.25, 0.3) is 22.3 Å². The number of hydrogen-bond donors (Lipinski definition) is 1. The van der Waals surface area contributed by atoms with Crippen molar-refractivity contribution in [1.29, 1.82) is 0 Å². The molecule has 72 heavy (non-hydrogen) atoms. The summed E-state index contributed by atoms with van der Waals surface area (Å²) in [6, 6.07) is 34.0. The van der Waals surface area contributed by atoms with Crippen LogP contribution in [0.15, 0.2) is 97.1 Å². The number of methoxy groups -OCH3 is 1. The lowest BCUT2D eigenvalue weighted by molar-refractivity contribution is -0.168. The lowest BCUT2D eigenvalue weighted by Crippen LogP contribution is -2.61. The van der Waals surface area contributed by atoms with Gasteiger partial charge in [-0.2, -0.15) is 0 Å². The van der Waals surface area contributed by atoms with Crippen molar-refractivity contribution in [3.8, 4) is 28.0 Å². The van der Waals surface area contributed by atoms with Crippen LogP contribution in [0.5, 0.6) is 5.75 Å². The van der Waals surface area contributed by atoms with E-state index < -0.39 is 16.8 Å². The van der Waals surface area contributed by atoms with Gasteiger partial charge in [0.1, 0.15) is 22.7 Å². The van der Waals surface area contributed by atoms with Gasteiger partial charge in [-0.1, -0.05) is 137 Å². The molecule has 0 saturated heterocycles. The molecule has 0 amide bonds. The van der Waals surface area contributed by atoms with E-state index in [0.717, 1.165) is 144 Å². The summed E-state index contributed by atoms with van der Waals surface area (Å²) >= 11 is 0. The Balaban J connectivity index is 0.000000212. The van der Waals surface area contributed by atoms with Crippen molar-refractivity contribution in [3.05, 3.63) is 114 Å². The molecule has 0 aromatic heterocycles. The smallest absolute Gasteiger partial charge is 0.318 e. The lowest BCUT2D eigenvalue weighted by Gasteiger charge is -2.55. The van der Waals surface area contributed by atoms with E-state index in [1.807, 2.05) is 31.2 Å². The highest BCUT2D eigenvalue weighted by atomic mass is 19.1. The minimum absolute atomic E-state index is 0.0450. The maximum atomic E-state index is 13.9. The number of carbonyl (C=O) groups excluding carboxylic acids is 3. The lowest BCUT2D eigenvalue weighted by atomic mass is 9.45. The Morgan fingerprint density at radius 3 is 1.76 bits per heavy atom. The molecule has 4 fully saturated rings. The topological polar surface area (TPSA) is 97.7 Å². The Hall–Kier alpha value is -4.91. The van der Waals surface area contributed by atoms with Gasteiger partial charge in [0.2, 0.25) is 0 Å². The zero-order valence-corrected chi connectivity index (χ0v) is 44.1. The number of benzene rings is 4. The molecule has 6 nitrogen and oxygen atoms in total. The number of ketones is 3. The van der Waals surface area contributed by atoms with Crippen molar-refractivity contribution in [2.75, 3.05) is 13.8 Å². The van der Waals surface area contributed by atoms with Crippen molar-refractivity contribution >= 4 is 23.3 Å². The first-order chi connectivity index (χ1) is 35.0. The van der Waals surface area contributed by atoms with Crippen LogP contribution in [0.4, 0.5) is 4.39 Å². The van der Waals surface area contributed by atoms with E-state index in [9.17, 15) is 28.7 Å². The molecule has 7 heteroatoms. The van der Waals surface area contributed by atoms with Gasteiger partial charge >= 0.3 is 5.97 Å². The molecular weight excluding hydrogens is 896 g/mol. The number of Topliss-reactive ketones (excluding diaryl/α,β-unsaturated/α-hetero) is 3. The molecule has 0 bridgehead atoms. The Kier molecular flexibility index (Phi) is 20.5. The molecule has 0 radical (unpaired) electrons. The number of unbranched alkanes of at least 4 members (excludes halogenated alkanes) is 1. The first kappa shape index (κ1) is 54.9. The highest BCUT2D eigenvalue weighted by Crippen LogP contribution is 2.60. The fourth-order valence-electron chi connectivity index (χ4n) is 13.7. The molecule has 0 heterocycles. The second-order valence-electron chi connectivity index (χ2n) is 22.2. The Bertz CT molecular complexity index is 2310. The summed E-state index contributed by atoms with van der Waals surface area (Å²) in [5, 5.41) is 10.8. The molecular formula is C65H85FO6. The van der Waals surface area contributed by atoms with Gasteiger partial charge in [-0.3, -0.25) is 23.6 Å². The molecule has 4 aliphatic rings. The second-order valence-corrected chi connectivity index (χ2v) is 22.2. The quantitative estimate of drug-likeness (QED) is 0.0835. The van der Waals surface area contributed by atoms with Gasteiger partial charge in [-0.15, -0.1) is 0 Å². The number of carbonyl (C=O) groups is 4. The SMILES string of the molecule is CCC(=O)CCC1CCC(C(=O)CC2CCC(c3ccc(-c4ccc(CCCF)cc4)cc3)CC2)CC1.CCCCC(=O)C1(C(=O)O)CCCCC1(c1ccc(-c2ccc(OC)cc2)cc1)C1CCCCC1. The van der Waals surface area contributed by atoms with Crippen LogP contribution in [0.1, 0.15) is 197 Å². The van der Waals surface area contributed by atoms with Crippen molar-refractivity contribution in [2.45, 2.75) is 192 Å². The maximum Gasteiger partial charge on any atom is 0.318 e. The second kappa shape index (κ2) is 26.9. The number of alkyl halides is 1. The fraction of sp³-hybridized carbons (Fsp3) is 0.569. The molecule has 0 aliphatic heterocycles. The largest absolute Gasteiger partial charge is 0.497 e. The number of aryl methyl sites for hydroxylation is 1. The van der Waals surface area contributed by atoms with Gasteiger partial charge in [-0.25, -0.2) is 0 Å². The zero-order chi connectivity index (χ0) is 50.9. The number of halogens is 1. The average molecular weight is 981 g/mol. The van der Waals surface area contributed by atoms with Crippen LogP contribution in [-0.2, 0) is 31.0 Å². The summed E-state index contributed by atoms with van der Waals surface area (Å²) in [4.78, 5) is 51.8. The summed E-state index contributed by atoms with van der Waals surface area (Å²) in [7, 11) is 1.66. The van der Waals surface area contributed by atoms with Crippen molar-refractivity contribution in [1.82, 2.24) is 0 Å². The number of carboxylic acid groups (broad SMARTS) is 1. The molecule has 0 spiro atoms. The highest BCUT2D eigenvalue weighted by Gasteiger charge is 2.65. The van der Waals surface area contributed by atoms with Gasteiger partial charge in [0.05, 0.1) is 13.8 Å². The van der Waals surface area contributed by atoms with E-state index in [1.165, 1.54) is 41.5 Å². The van der Waals surface area contributed by atoms with Crippen LogP contribution < -0.4 is 4.74 Å². The van der Waals surface area contributed by atoms with Crippen LogP contribution in [0.2, 0.25) is 0 Å². The standard InChI is InChI=1S/C34H45FO2.C31H40O4/c1-2-33(36)22-11-26-7-16-32(17-8-26)34(37)24-27-9-14-29(15-10-27)31-20-18-30(19-21-31)28-12-5-25(6-13-28)4-3-23-35;1-3-4-12-28(32)31(29(33)34)22-9-8-21-30(31,25-10-6-5-7-11-25)26-17-13-23(14-18-26)24-15-19-27(35-2)20-16-24/h5-6,12-13,18-21,26-27,29,32H,2-4,7-11,14-17,22-24H2,1H3;13-20,25H,3-12,21-22H2,1-2H3,(H,33,34). The predicted molar refractivity (Wildman–Crippen MR) is 290 cm³/mol. The molecule has 1 N–H and O–H groups in total. The number of aliphatic carboxylic acids is 1. The van der Waals surface area contributed by atoms with Crippen LogP contribution >= 0.6 is 0 Å². The van der Waals surface area contributed by atoms with Gasteiger partial charge in [-0.05, 0) is 177 Å². The Morgan fingerprint density at radius 1 is 0.625 bits per heavy atom. The van der Waals surface area contributed by atoms with Gasteiger partial charge < -0.3 is 9.84 Å². The minimum atomic E-state index is -1.33. The molecule has 4 aromatic rings. The molecule has 2 atom stereocenters. The minimum Gasteiger partial charge on any atom is -0.497 e. The summed E-state index contributed by atoms with van der Waals surface area (Å²) in [6.45, 7) is 3.75. The van der Waals surface area contributed by atoms with Gasteiger partial charge in [0.25, 0.3) is 0 Å². The monoisotopic (exact) mass is 981 g/mol. The molecule has 2 unspecified atom stereocenters. The third kappa shape index (κ3) is 13.2. The normalized spacial score (nSPS) is 24.6. The molecule has 4 aromatic carbocycles. The number of carboxylic acids is 1. The maximum absolute atomic E-state index is 13.9. The van der Waals surface area contributed by atoms with Crippen LogP contribution in [0, 0.1) is 29.1 Å². The Labute approximate surface area is 431 Å². The Morgan fingerprint density at radius 2 is 1.19 bits per heavy atom. The van der Waals surface area contributed by atoms with E-state index in [4.69, 9.17) is 4.74 Å². The first-order valence-electron chi connectivity index (χ1n) is 28.4. The number of rotatable bonds is 21. The summed E-state index contributed by atoms with van der Waals surface area (Å²) in [5.41, 5.74) is 6.32. The van der Waals surface area contributed by atoms with E-state index >= 15 is 0 Å². The molecule has 4 aliphatic carbocycles. The van der Waals surface area contributed by atoms with Crippen molar-refractivity contribution in [2.24, 2.45) is 29.1 Å². The predicted octanol–water partition coefficient (Wildman–Crippen LogP) is 16.6. The summed E-state index contributed by atoms with van der Waals surface area (Å²) < 4.78 is 17.7. The first-order valence-corrected chi connectivity index (χ1v) is 28.4.